The number of carbonyl (C=O) groups excluding carboxylic acids is 2. The molecule has 0 spiro atoms. The molecule has 0 fully saturated rings. The van der Waals surface area contributed by atoms with E-state index in [-0.39, 0.29) is 11.1 Å². The Hall–Kier alpha value is -3.29. The van der Waals surface area contributed by atoms with E-state index in [4.69, 9.17) is 9.84 Å². The molecule has 132 valence electrons. The van der Waals surface area contributed by atoms with Crippen LogP contribution in [0.3, 0.4) is 0 Å². The number of carbonyl (C=O) groups is 3. The number of nitro groups is 1. The molecule has 0 atom stereocenters. The Morgan fingerprint density at radius 1 is 1.20 bits per heavy atom. The molecule has 0 bridgehead atoms. The number of benzene rings is 1. The molecule has 25 heavy (non-hydrogen) atoms. The van der Waals surface area contributed by atoms with Crippen molar-refractivity contribution in [2.75, 3.05) is 0 Å². The second-order valence-electron chi connectivity index (χ2n) is 6.08. The monoisotopic (exact) mass is 347 g/mol. The number of ether oxygens (including phenoxy) is 1. The fourth-order valence-corrected chi connectivity index (χ4v) is 1.80. The van der Waals surface area contributed by atoms with Gasteiger partial charge in [-0.05, 0) is 32.9 Å². The first-order valence-electron chi connectivity index (χ1n) is 7.03. The Labute approximate surface area is 143 Å². The topological polar surface area (TPSA) is 124 Å². The van der Waals surface area contributed by atoms with Crippen LogP contribution < -0.4 is 0 Å². The summed E-state index contributed by atoms with van der Waals surface area (Å²) >= 11 is 0. The van der Waals surface area contributed by atoms with E-state index in [1.807, 2.05) is 0 Å². The van der Waals surface area contributed by atoms with E-state index in [0.717, 1.165) is 18.2 Å². The highest BCUT2D eigenvalue weighted by Crippen LogP contribution is 2.27. The normalized spacial score (nSPS) is 10.7. The summed E-state index contributed by atoms with van der Waals surface area (Å²) < 4.78 is 5.03. The predicted octanol–water partition coefficient (Wildman–Crippen LogP) is 2.77. The summed E-state index contributed by atoms with van der Waals surface area (Å²) in [5.41, 5.74) is -2.86. The van der Waals surface area contributed by atoms with Crippen LogP contribution in [0.15, 0.2) is 36.9 Å². The summed E-state index contributed by atoms with van der Waals surface area (Å²) in [6.45, 7) is 11.5. The number of hydrogen-bond donors (Lipinski definition) is 1. The van der Waals surface area contributed by atoms with Gasteiger partial charge in [-0.15, -0.1) is 0 Å². The van der Waals surface area contributed by atoms with Gasteiger partial charge in [0.2, 0.25) is 0 Å². The molecule has 0 aromatic heterocycles. The molecule has 8 heteroatoms. The van der Waals surface area contributed by atoms with Crippen LogP contribution in [0, 0.1) is 10.1 Å². The van der Waals surface area contributed by atoms with E-state index >= 15 is 0 Å². The van der Waals surface area contributed by atoms with E-state index in [2.05, 4.69) is 13.2 Å². The Bertz CT molecular complexity index is 800. The molecular weight excluding hydrogens is 330 g/mol. The van der Waals surface area contributed by atoms with Gasteiger partial charge in [0, 0.05) is 11.6 Å². The minimum Gasteiger partial charge on any atom is -0.478 e. The zero-order chi connectivity index (χ0) is 19.5. The van der Waals surface area contributed by atoms with Crippen molar-refractivity contribution in [3.05, 3.63) is 58.2 Å². The number of rotatable bonds is 6. The SMILES string of the molecule is C=C(C(=O)OC(C)(C)C)C(=O)c1ccc(C(=C)C(=O)O)c([N+](=O)[O-])c1. The molecular formula is C17H17NO7. The van der Waals surface area contributed by atoms with Crippen molar-refractivity contribution in [1.82, 2.24) is 0 Å². The van der Waals surface area contributed by atoms with E-state index < -0.39 is 45.1 Å². The van der Waals surface area contributed by atoms with E-state index in [1.165, 1.54) is 0 Å². The lowest BCUT2D eigenvalue weighted by Gasteiger charge is -2.19. The number of aliphatic carboxylic acids is 1. The maximum atomic E-state index is 12.3. The average molecular weight is 347 g/mol. The number of esters is 1. The Morgan fingerprint density at radius 2 is 1.76 bits per heavy atom. The second-order valence-corrected chi connectivity index (χ2v) is 6.08. The molecule has 0 saturated carbocycles. The molecule has 0 radical (unpaired) electrons. The summed E-state index contributed by atoms with van der Waals surface area (Å²) in [4.78, 5) is 45.5. The van der Waals surface area contributed by atoms with Gasteiger partial charge in [0.1, 0.15) is 11.2 Å². The van der Waals surface area contributed by atoms with Crippen molar-refractivity contribution in [3.8, 4) is 0 Å². The molecule has 8 nitrogen and oxygen atoms in total. The third kappa shape index (κ3) is 4.84. The van der Waals surface area contributed by atoms with Crippen molar-refractivity contribution in [3.63, 3.8) is 0 Å². The minimum atomic E-state index is -1.43. The molecule has 0 heterocycles. The van der Waals surface area contributed by atoms with E-state index in [1.54, 1.807) is 20.8 Å². The first-order valence-corrected chi connectivity index (χ1v) is 7.03. The molecule has 0 aliphatic heterocycles. The van der Waals surface area contributed by atoms with Crippen LogP contribution in [-0.4, -0.2) is 33.4 Å². The molecule has 1 N–H and O–H groups in total. The summed E-state index contributed by atoms with van der Waals surface area (Å²) in [6, 6.07) is 3.12. The zero-order valence-electron chi connectivity index (χ0n) is 14.0. The van der Waals surface area contributed by atoms with Crippen LogP contribution in [0.5, 0.6) is 0 Å². The summed E-state index contributed by atoms with van der Waals surface area (Å²) in [7, 11) is 0. The highest BCUT2D eigenvalue weighted by Gasteiger charge is 2.27. The number of Topliss-reactive ketones (excluding diaryl/α,β-unsaturated/α-hetero) is 1. The van der Waals surface area contributed by atoms with Gasteiger partial charge in [-0.1, -0.05) is 13.2 Å². The summed E-state index contributed by atoms with van der Waals surface area (Å²) in [5.74, 6) is -3.23. The minimum absolute atomic E-state index is 0.190. The van der Waals surface area contributed by atoms with Crippen LogP contribution in [-0.2, 0) is 14.3 Å². The third-order valence-corrected chi connectivity index (χ3v) is 2.96. The number of carboxylic acid groups (broad SMARTS) is 1. The maximum Gasteiger partial charge on any atom is 0.342 e. The standard InChI is InChI=1S/C17H17NO7/c1-9(15(20)21)12-7-6-11(8-13(12)18(23)24)14(19)10(2)16(22)25-17(3,4)5/h6-8H,1-2H2,3-5H3,(H,20,21). The van der Waals surface area contributed by atoms with Gasteiger partial charge in [-0.3, -0.25) is 14.9 Å². The largest absolute Gasteiger partial charge is 0.478 e. The van der Waals surface area contributed by atoms with E-state index in [0.29, 0.717) is 0 Å². The van der Waals surface area contributed by atoms with Crippen LogP contribution in [0.4, 0.5) is 5.69 Å². The lowest BCUT2D eigenvalue weighted by molar-refractivity contribution is -0.385. The number of carboxylic acids is 1. The van der Waals surface area contributed by atoms with Gasteiger partial charge in [-0.2, -0.15) is 0 Å². The number of ketones is 1. The van der Waals surface area contributed by atoms with Crippen molar-refractivity contribution in [2.24, 2.45) is 0 Å². The molecule has 0 aliphatic rings. The van der Waals surface area contributed by atoms with Crippen LogP contribution >= 0.6 is 0 Å². The van der Waals surface area contributed by atoms with Gasteiger partial charge in [0.05, 0.1) is 16.1 Å². The molecule has 0 saturated heterocycles. The average Bonchev–Trinajstić information content (AvgIpc) is 2.50. The van der Waals surface area contributed by atoms with Gasteiger partial charge >= 0.3 is 11.9 Å². The zero-order valence-corrected chi connectivity index (χ0v) is 14.0. The highest BCUT2D eigenvalue weighted by atomic mass is 16.6. The van der Waals surface area contributed by atoms with Crippen LogP contribution in [0.2, 0.25) is 0 Å². The summed E-state index contributed by atoms with van der Waals surface area (Å²) in [6.07, 6.45) is 0. The molecule has 0 unspecified atom stereocenters. The van der Waals surface area contributed by atoms with Crippen LogP contribution in [0.25, 0.3) is 5.57 Å². The number of nitro benzene ring substituents is 1. The smallest absolute Gasteiger partial charge is 0.342 e. The van der Waals surface area contributed by atoms with Gasteiger partial charge in [0.15, 0.2) is 5.78 Å². The first kappa shape index (κ1) is 19.8. The fourth-order valence-electron chi connectivity index (χ4n) is 1.80. The lowest BCUT2D eigenvalue weighted by atomic mass is 9.98. The Balaban J connectivity index is 3.24. The molecule has 1 rings (SSSR count). The lowest BCUT2D eigenvalue weighted by Crippen LogP contribution is -2.27. The van der Waals surface area contributed by atoms with Crippen molar-refractivity contribution in [2.45, 2.75) is 26.4 Å². The quantitative estimate of drug-likeness (QED) is 0.160. The molecule has 0 aliphatic carbocycles. The van der Waals surface area contributed by atoms with Crippen LogP contribution in [0.1, 0.15) is 36.7 Å². The predicted molar refractivity (Wildman–Crippen MR) is 89.1 cm³/mol. The van der Waals surface area contributed by atoms with Gasteiger partial charge < -0.3 is 9.84 Å². The molecule has 1 aromatic carbocycles. The Morgan fingerprint density at radius 3 is 2.20 bits per heavy atom. The van der Waals surface area contributed by atoms with Gasteiger partial charge in [0.25, 0.3) is 5.69 Å². The third-order valence-electron chi connectivity index (χ3n) is 2.96. The Kier molecular flexibility index (Phi) is 5.59. The maximum absolute atomic E-state index is 12.3. The molecule has 1 aromatic rings. The van der Waals surface area contributed by atoms with Gasteiger partial charge in [-0.25, -0.2) is 9.59 Å². The van der Waals surface area contributed by atoms with Crippen molar-refractivity contribution in [1.29, 1.82) is 0 Å². The fraction of sp³-hybridized carbons (Fsp3) is 0.235. The highest BCUT2D eigenvalue weighted by molar-refractivity contribution is 6.24. The number of nitrogens with zero attached hydrogens (tertiary/aromatic N) is 1. The molecule has 0 amide bonds. The first-order chi connectivity index (χ1) is 11.3. The van der Waals surface area contributed by atoms with Crippen molar-refractivity contribution < 1.29 is 29.2 Å². The number of hydrogen-bond acceptors (Lipinski definition) is 6. The van der Waals surface area contributed by atoms with E-state index in [9.17, 15) is 24.5 Å². The second kappa shape index (κ2) is 7.08. The summed E-state index contributed by atoms with van der Waals surface area (Å²) in [5, 5.41) is 20.1. The van der Waals surface area contributed by atoms with Crippen molar-refractivity contribution >= 4 is 29.0 Å².